The van der Waals surface area contributed by atoms with E-state index in [1.54, 1.807) is 17.6 Å². The van der Waals surface area contributed by atoms with Crippen LogP contribution < -0.4 is 0 Å². The van der Waals surface area contributed by atoms with E-state index in [2.05, 4.69) is 6.07 Å². The lowest BCUT2D eigenvalue weighted by Gasteiger charge is -2.02. The maximum absolute atomic E-state index is 9.22. The van der Waals surface area contributed by atoms with Gasteiger partial charge in [0.05, 0.1) is 30.1 Å². The molecule has 4 rings (SSSR count). The molecule has 4 nitrogen and oxygen atoms in total. The second-order valence-electron chi connectivity index (χ2n) is 4.82. The molecule has 0 fully saturated rings. The molecule has 0 unspecified atom stereocenters. The average Bonchev–Trinajstić information content (AvgIpc) is 3.25. The highest BCUT2D eigenvalue weighted by Crippen LogP contribution is 2.33. The fourth-order valence-electron chi connectivity index (χ4n) is 2.58. The largest absolute Gasteiger partial charge is 0.463 e. The minimum atomic E-state index is 0.301. The first kappa shape index (κ1) is 12.9. The molecule has 0 aliphatic heterocycles. The molecule has 0 N–H and O–H groups in total. The van der Waals surface area contributed by atoms with Crippen molar-refractivity contribution in [3.63, 3.8) is 0 Å². The van der Waals surface area contributed by atoms with Crippen molar-refractivity contribution in [3.8, 4) is 28.8 Å². The van der Waals surface area contributed by atoms with Crippen molar-refractivity contribution in [1.29, 1.82) is 5.26 Å². The number of hydrogen-bond acceptors (Lipinski definition) is 4. The monoisotopic (exact) mass is 305 g/mol. The van der Waals surface area contributed by atoms with Gasteiger partial charge in [-0.3, -0.25) is 4.40 Å². The smallest absolute Gasteiger partial charge is 0.195 e. The molecule has 0 atom stereocenters. The summed E-state index contributed by atoms with van der Waals surface area (Å²) in [7, 11) is 0. The van der Waals surface area contributed by atoms with Gasteiger partial charge in [-0.25, -0.2) is 4.98 Å². The molecule has 0 saturated heterocycles. The number of furan rings is 1. The Morgan fingerprint density at radius 2 is 2.05 bits per heavy atom. The first-order valence-electron chi connectivity index (χ1n) is 6.83. The Hall–Kier alpha value is -2.84. The maximum Gasteiger partial charge on any atom is 0.195 e. The highest BCUT2D eigenvalue weighted by atomic mass is 32.1. The van der Waals surface area contributed by atoms with Crippen molar-refractivity contribution in [2.24, 2.45) is 0 Å². The maximum atomic E-state index is 9.22. The summed E-state index contributed by atoms with van der Waals surface area (Å²) in [6.45, 7) is 0. The van der Waals surface area contributed by atoms with Crippen molar-refractivity contribution >= 4 is 16.3 Å². The Balaban J connectivity index is 2.00. The standard InChI is InChI=1S/C17H11N3OS/c18-9-8-13-16(12-5-2-1-3-6-12)19-17-20(13)14(11-22-17)15-7-4-10-21-15/h1-7,10-11H,8H2. The van der Waals surface area contributed by atoms with Crippen molar-refractivity contribution in [3.05, 3.63) is 59.8 Å². The molecule has 22 heavy (non-hydrogen) atoms. The highest BCUT2D eigenvalue weighted by Gasteiger charge is 2.19. The van der Waals surface area contributed by atoms with E-state index >= 15 is 0 Å². The van der Waals surface area contributed by atoms with Crippen LogP contribution in [-0.4, -0.2) is 9.38 Å². The van der Waals surface area contributed by atoms with Gasteiger partial charge in [-0.1, -0.05) is 30.3 Å². The number of imidazole rings is 1. The van der Waals surface area contributed by atoms with E-state index in [4.69, 9.17) is 9.40 Å². The number of nitrogens with zero attached hydrogens (tertiary/aromatic N) is 3. The van der Waals surface area contributed by atoms with E-state index in [0.717, 1.165) is 33.4 Å². The summed E-state index contributed by atoms with van der Waals surface area (Å²) in [5.41, 5.74) is 3.72. The number of nitriles is 1. The van der Waals surface area contributed by atoms with Crippen LogP contribution in [-0.2, 0) is 6.42 Å². The molecule has 0 radical (unpaired) electrons. The lowest BCUT2D eigenvalue weighted by Crippen LogP contribution is -1.94. The van der Waals surface area contributed by atoms with Crippen molar-refractivity contribution < 1.29 is 4.42 Å². The fraction of sp³-hybridized carbons (Fsp3) is 0.0588. The third kappa shape index (κ3) is 1.93. The van der Waals surface area contributed by atoms with E-state index in [9.17, 15) is 5.26 Å². The predicted octanol–water partition coefficient (Wildman–Crippen LogP) is 4.39. The average molecular weight is 305 g/mol. The minimum Gasteiger partial charge on any atom is -0.463 e. The van der Waals surface area contributed by atoms with Crippen LogP contribution in [0.25, 0.3) is 27.7 Å². The third-order valence-corrected chi connectivity index (χ3v) is 4.35. The Bertz CT molecular complexity index is 959. The van der Waals surface area contributed by atoms with E-state index in [0.29, 0.717) is 6.42 Å². The number of aromatic nitrogens is 2. The minimum absolute atomic E-state index is 0.301. The van der Waals surface area contributed by atoms with Crippen LogP contribution in [0.3, 0.4) is 0 Å². The molecule has 0 bridgehead atoms. The first-order valence-corrected chi connectivity index (χ1v) is 7.71. The molecule has 0 spiro atoms. The molecule has 106 valence electrons. The molecule has 0 amide bonds. The van der Waals surface area contributed by atoms with Crippen molar-refractivity contribution in [1.82, 2.24) is 9.38 Å². The topological polar surface area (TPSA) is 54.2 Å². The van der Waals surface area contributed by atoms with Gasteiger partial charge in [0.2, 0.25) is 0 Å². The number of fused-ring (bicyclic) bond motifs is 1. The molecule has 1 aromatic carbocycles. The van der Waals surface area contributed by atoms with E-state index in [1.165, 1.54) is 0 Å². The molecular formula is C17H11N3OS. The van der Waals surface area contributed by atoms with Crippen molar-refractivity contribution in [2.45, 2.75) is 6.42 Å². The Labute approximate surface area is 130 Å². The zero-order valence-corrected chi connectivity index (χ0v) is 12.4. The summed E-state index contributed by atoms with van der Waals surface area (Å²) >= 11 is 1.55. The number of rotatable bonds is 3. The quantitative estimate of drug-likeness (QED) is 0.564. The number of hydrogen-bond donors (Lipinski definition) is 0. The van der Waals surface area contributed by atoms with Crippen LogP contribution in [0.5, 0.6) is 0 Å². The summed E-state index contributed by atoms with van der Waals surface area (Å²) in [5.74, 6) is 0.780. The van der Waals surface area contributed by atoms with E-state index in [-0.39, 0.29) is 0 Å². The fourth-order valence-corrected chi connectivity index (χ4v) is 3.47. The van der Waals surface area contributed by atoms with Crippen LogP contribution >= 0.6 is 11.3 Å². The zero-order valence-electron chi connectivity index (χ0n) is 11.6. The van der Waals surface area contributed by atoms with Gasteiger partial charge in [0.25, 0.3) is 0 Å². The van der Waals surface area contributed by atoms with E-state index < -0.39 is 0 Å². The second kappa shape index (κ2) is 5.17. The van der Waals surface area contributed by atoms with E-state index in [1.807, 2.05) is 52.2 Å². The SMILES string of the molecule is N#CCc1c(-c2ccccc2)nc2scc(-c3ccco3)n12. The lowest BCUT2D eigenvalue weighted by molar-refractivity contribution is 0.579. The third-order valence-electron chi connectivity index (χ3n) is 3.53. The van der Waals surface area contributed by atoms with Gasteiger partial charge >= 0.3 is 0 Å². The van der Waals surface area contributed by atoms with Crippen LogP contribution in [0, 0.1) is 11.3 Å². The molecule has 4 aromatic rings. The van der Waals surface area contributed by atoms with Gasteiger partial charge < -0.3 is 4.42 Å². The van der Waals surface area contributed by atoms with Gasteiger partial charge in [-0.15, -0.1) is 11.3 Å². The number of thiazole rings is 1. The molecule has 0 saturated carbocycles. The van der Waals surface area contributed by atoms with Gasteiger partial charge in [-0.2, -0.15) is 5.26 Å². The summed E-state index contributed by atoms with van der Waals surface area (Å²) in [5, 5.41) is 11.2. The summed E-state index contributed by atoms with van der Waals surface area (Å²) < 4.78 is 7.53. The molecule has 0 aliphatic carbocycles. The Morgan fingerprint density at radius 3 is 2.77 bits per heavy atom. The zero-order chi connectivity index (χ0) is 14.9. The Morgan fingerprint density at radius 1 is 1.18 bits per heavy atom. The van der Waals surface area contributed by atoms with Crippen LogP contribution in [0.2, 0.25) is 0 Å². The second-order valence-corrected chi connectivity index (χ2v) is 5.66. The summed E-state index contributed by atoms with van der Waals surface area (Å²) in [6.07, 6.45) is 1.95. The molecule has 3 heterocycles. The molecular weight excluding hydrogens is 294 g/mol. The van der Waals surface area contributed by atoms with Gasteiger partial charge in [0.15, 0.2) is 10.7 Å². The first-order chi connectivity index (χ1) is 10.9. The number of benzene rings is 1. The molecule has 0 aliphatic rings. The molecule has 5 heteroatoms. The predicted molar refractivity (Wildman–Crippen MR) is 85.5 cm³/mol. The lowest BCUT2D eigenvalue weighted by atomic mass is 10.1. The van der Waals surface area contributed by atoms with Crippen molar-refractivity contribution in [2.75, 3.05) is 0 Å². The highest BCUT2D eigenvalue weighted by molar-refractivity contribution is 7.15. The summed E-state index contributed by atoms with van der Waals surface area (Å²) in [4.78, 5) is 5.59. The summed E-state index contributed by atoms with van der Waals surface area (Å²) in [6, 6.07) is 16.0. The Kier molecular flexibility index (Phi) is 3.02. The van der Waals surface area contributed by atoms with Gasteiger partial charge in [0.1, 0.15) is 5.69 Å². The van der Waals surface area contributed by atoms with Gasteiger partial charge in [0, 0.05) is 10.9 Å². The van der Waals surface area contributed by atoms with Crippen LogP contribution in [0.4, 0.5) is 0 Å². The molecule has 3 aromatic heterocycles. The van der Waals surface area contributed by atoms with Crippen LogP contribution in [0.1, 0.15) is 5.69 Å². The van der Waals surface area contributed by atoms with Gasteiger partial charge in [-0.05, 0) is 12.1 Å². The normalized spacial score (nSPS) is 10.9. The van der Waals surface area contributed by atoms with Crippen LogP contribution in [0.15, 0.2) is 58.5 Å².